The molecule has 5 nitrogen and oxygen atoms in total. The van der Waals surface area contributed by atoms with Crippen molar-refractivity contribution in [3.8, 4) is 28.1 Å². The minimum absolute atomic E-state index is 0.0933. The summed E-state index contributed by atoms with van der Waals surface area (Å²) in [5, 5.41) is 8.89. The summed E-state index contributed by atoms with van der Waals surface area (Å²) < 4.78 is 106. The second kappa shape index (κ2) is 8.54. The standard InChI is InChI=1S/C23H15F6N3O2S/c24-22(25,26)16-10-6-14(7-11-16)19-20(15-8-12-18(13-9-15)35(30,33)34)32(17-4-2-1-3-5-17)31-21(19)23(27,28)29/h1-13H,(H2,30,33,34). The van der Waals surface area contributed by atoms with Gasteiger partial charge in [0.15, 0.2) is 5.69 Å². The number of nitrogens with two attached hydrogens (primary N) is 1. The zero-order chi connectivity index (χ0) is 25.6. The van der Waals surface area contributed by atoms with E-state index in [4.69, 9.17) is 5.14 Å². The van der Waals surface area contributed by atoms with Crippen LogP contribution in [0, 0.1) is 0 Å². The van der Waals surface area contributed by atoms with E-state index in [-0.39, 0.29) is 27.4 Å². The highest BCUT2D eigenvalue weighted by Crippen LogP contribution is 2.44. The molecule has 0 bridgehead atoms. The highest BCUT2D eigenvalue weighted by molar-refractivity contribution is 7.89. The Morgan fingerprint density at radius 1 is 0.714 bits per heavy atom. The first-order valence-corrected chi connectivity index (χ1v) is 11.4. The molecule has 0 aliphatic carbocycles. The summed E-state index contributed by atoms with van der Waals surface area (Å²) in [5.74, 6) is 0. The average Bonchev–Trinajstić information content (AvgIpc) is 3.20. The predicted molar refractivity (Wildman–Crippen MR) is 116 cm³/mol. The van der Waals surface area contributed by atoms with Gasteiger partial charge in [-0.25, -0.2) is 18.2 Å². The van der Waals surface area contributed by atoms with Crippen LogP contribution in [0.3, 0.4) is 0 Å². The van der Waals surface area contributed by atoms with E-state index in [0.717, 1.165) is 28.9 Å². The third kappa shape index (κ3) is 4.93. The first-order chi connectivity index (χ1) is 16.3. The monoisotopic (exact) mass is 511 g/mol. The smallest absolute Gasteiger partial charge is 0.232 e. The lowest BCUT2D eigenvalue weighted by Gasteiger charge is -2.13. The number of hydrogen-bond donors (Lipinski definition) is 1. The van der Waals surface area contributed by atoms with E-state index in [0.29, 0.717) is 12.1 Å². The molecule has 3 aromatic carbocycles. The summed E-state index contributed by atoms with van der Waals surface area (Å²) in [6.45, 7) is 0. The van der Waals surface area contributed by atoms with Crippen LogP contribution in [0.25, 0.3) is 28.1 Å². The second-order valence-corrected chi connectivity index (χ2v) is 9.02. The highest BCUT2D eigenvalue weighted by atomic mass is 32.2. The van der Waals surface area contributed by atoms with Crippen LogP contribution in [-0.4, -0.2) is 18.2 Å². The van der Waals surface area contributed by atoms with Gasteiger partial charge in [0.25, 0.3) is 0 Å². The van der Waals surface area contributed by atoms with Crippen LogP contribution in [0.4, 0.5) is 26.3 Å². The lowest BCUT2D eigenvalue weighted by atomic mass is 9.97. The number of benzene rings is 3. The summed E-state index contributed by atoms with van der Waals surface area (Å²) in [6.07, 6.45) is -9.63. The minimum atomic E-state index is -4.95. The van der Waals surface area contributed by atoms with E-state index in [1.807, 2.05) is 0 Å². The topological polar surface area (TPSA) is 78.0 Å². The molecular weight excluding hydrogens is 496 g/mol. The van der Waals surface area contributed by atoms with Gasteiger partial charge in [-0.05, 0) is 42.0 Å². The largest absolute Gasteiger partial charge is 0.435 e. The molecule has 0 radical (unpaired) electrons. The van der Waals surface area contributed by atoms with Crippen LogP contribution in [0.2, 0.25) is 0 Å². The van der Waals surface area contributed by atoms with Crippen molar-refractivity contribution in [3.05, 3.63) is 90.1 Å². The SMILES string of the molecule is NS(=O)(=O)c1ccc(-c2c(-c3ccc(C(F)(F)F)cc3)c(C(F)(F)F)nn2-c2ccccc2)cc1. The van der Waals surface area contributed by atoms with E-state index < -0.39 is 39.2 Å². The number of rotatable bonds is 4. The summed E-state index contributed by atoms with van der Waals surface area (Å²) in [5.41, 5.74) is -2.66. The third-order valence-electron chi connectivity index (χ3n) is 5.11. The van der Waals surface area contributed by atoms with Crippen LogP contribution in [-0.2, 0) is 22.4 Å². The van der Waals surface area contributed by atoms with Gasteiger partial charge in [-0.3, -0.25) is 0 Å². The third-order valence-corrected chi connectivity index (χ3v) is 6.04. The van der Waals surface area contributed by atoms with Gasteiger partial charge in [-0.2, -0.15) is 31.4 Å². The molecule has 0 atom stereocenters. The molecule has 0 saturated heterocycles. The van der Waals surface area contributed by atoms with Crippen molar-refractivity contribution in [3.63, 3.8) is 0 Å². The molecule has 0 aliphatic rings. The van der Waals surface area contributed by atoms with Gasteiger partial charge < -0.3 is 0 Å². The zero-order valence-corrected chi connectivity index (χ0v) is 18.3. The van der Waals surface area contributed by atoms with Crippen molar-refractivity contribution in [2.45, 2.75) is 17.2 Å². The van der Waals surface area contributed by atoms with Crippen LogP contribution < -0.4 is 5.14 Å². The predicted octanol–water partition coefficient (Wildman–Crippen LogP) is 5.89. The van der Waals surface area contributed by atoms with Crippen molar-refractivity contribution in [2.75, 3.05) is 0 Å². The number of sulfonamides is 1. The van der Waals surface area contributed by atoms with Crippen LogP contribution in [0.15, 0.2) is 83.8 Å². The molecular formula is C23H15F6N3O2S. The summed E-state index contributed by atoms with van der Waals surface area (Å²) in [7, 11) is -4.07. The first-order valence-electron chi connectivity index (χ1n) is 9.83. The van der Waals surface area contributed by atoms with Crippen LogP contribution in [0.5, 0.6) is 0 Å². The molecule has 0 saturated carbocycles. The van der Waals surface area contributed by atoms with Gasteiger partial charge in [0.05, 0.1) is 21.8 Å². The van der Waals surface area contributed by atoms with Crippen molar-refractivity contribution >= 4 is 10.0 Å². The quantitative estimate of drug-likeness (QED) is 0.347. The lowest BCUT2D eigenvalue weighted by molar-refractivity contribution is -0.141. The normalized spacial score (nSPS) is 12.7. The molecule has 1 heterocycles. The Morgan fingerprint density at radius 3 is 1.74 bits per heavy atom. The highest BCUT2D eigenvalue weighted by Gasteiger charge is 2.40. The number of primary sulfonamides is 1. The number of hydrogen-bond acceptors (Lipinski definition) is 3. The summed E-state index contributed by atoms with van der Waals surface area (Å²) in [4.78, 5) is -0.265. The van der Waals surface area contributed by atoms with Gasteiger partial charge in [-0.15, -0.1) is 0 Å². The van der Waals surface area contributed by atoms with Crippen LogP contribution in [0.1, 0.15) is 11.3 Å². The lowest BCUT2D eigenvalue weighted by Crippen LogP contribution is -2.11. The molecule has 0 fully saturated rings. The molecule has 1 aromatic heterocycles. The van der Waals surface area contributed by atoms with Crippen molar-refractivity contribution in [1.29, 1.82) is 0 Å². The Labute approximate surface area is 195 Å². The van der Waals surface area contributed by atoms with Crippen molar-refractivity contribution in [1.82, 2.24) is 9.78 Å². The molecule has 12 heteroatoms. The number of halogens is 6. The Morgan fingerprint density at radius 2 is 1.26 bits per heavy atom. The number of para-hydroxylation sites is 1. The van der Waals surface area contributed by atoms with Gasteiger partial charge >= 0.3 is 12.4 Å². The minimum Gasteiger partial charge on any atom is -0.232 e. The first kappa shape index (κ1) is 24.5. The molecule has 0 aliphatic heterocycles. The maximum absolute atomic E-state index is 14.1. The zero-order valence-electron chi connectivity index (χ0n) is 17.5. The Hall–Kier alpha value is -3.64. The summed E-state index contributed by atoms with van der Waals surface area (Å²) in [6, 6.07) is 15.8. The van der Waals surface area contributed by atoms with E-state index in [1.165, 1.54) is 24.3 Å². The molecule has 182 valence electrons. The van der Waals surface area contributed by atoms with Gasteiger partial charge in [-0.1, -0.05) is 42.5 Å². The second-order valence-electron chi connectivity index (χ2n) is 7.46. The Balaban J connectivity index is 2.04. The fraction of sp³-hybridized carbons (Fsp3) is 0.0870. The van der Waals surface area contributed by atoms with E-state index >= 15 is 0 Å². The van der Waals surface area contributed by atoms with E-state index in [9.17, 15) is 34.8 Å². The molecule has 0 spiro atoms. The maximum Gasteiger partial charge on any atom is 0.435 e. The molecule has 0 amide bonds. The van der Waals surface area contributed by atoms with Gasteiger partial charge in [0.1, 0.15) is 0 Å². The van der Waals surface area contributed by atoms with Gasteiger partial charge in [0.2, 0.25) is 10.0 Å². The maximum atomic E-state index is 14.1. The molecule has 35 heavy (non-hydrogen) atoms. The average molecular weight is 511 g/mol. The molecule has 2 N–H and O–H groups in total. The fourth-order valence-corrected chi connectivity index (χ4v) is 4.06. The number of nitrogens with zero attached hydrogens (tertiary/aromatic N) is 2. The fourth-order valence-electron chi connectivity index (χ4n) is 3.54. The molecule has 4 aromatic rings. The van der Waals surface area contributed by atoms with Crippen LogP contribution >= 0.6 is 0 Å². The number of alkyl halides is 6. The number of aromatic nitrogens is 2. The van der Waals surface area contributed by atoms with Crippen molar-refractivity contribution in [2.24, 2.45) is 5.14 Å². The van der Waals surface area contributed by atoms with E-state index in [2.05, 4.69) is 5.10 Å². The van der Waals surface area contributed by atoms with Crippen molar-refractivity contribution < 1.29 is 34.8 Å². The Bertz CT molecular complexity index is 1460. The Kier molecular flexibility index (Phi) is 5.97. The van der Waals surface area contributed by atoms with E-state index in [1.54, 1.807) is 18.2 Å². The molecule has 4 rings (SSSR count). The molecule has 0 unspecified atom stereocenters. The van der Waals surface area contributed by atoms with Gasteiger partial charge in [0, 0.05) is 11.1 Å². The summed E-state index contributed by atoms with van der Waals surface area (Å²) >= 11 is 0.